The van der Waals surface area contributed by atoms with Crippen LogP contribution in [0.4, 0.5) is 10.5 Å². The Balaban J connectivity index is 1.92. The third kappa shape index (κ3) is 2.38. The van der Waals surface area contributed by atoms with E-state index in [1.807, 2.05) is 6.07 Å². The van der Waals surface area contributed by atoms with Crippen LogP contribution in [0.5, 0.6) is 0 Å². The number of rotatable bonds is 2. The number of urea groups is 1. The first-order chi connectivity index (χ1) is 7.75. The summed E-state index contributed by atoms with van der Waals surface area (Å²) in [5.41, 5.74) is 0.834. The third-order valence-corrected chi connectivity index (χ3v) is 2.00. The van der Waals surface area contributed by atoms with Crippen LogP contribution >= 0.6 is 0 Å². The topological polar surface area (TPSA) is 67.4 Å². The Morgan fingerprint density at radius 3 is 2.56 bits per heavy atom. The molecule has 0 aromatic heterocycles. The van der Waals surface area contributed by atoms with E-state index >= 15 is 0 Å². The van der Waals surface area contributed by atoms with Crippen LogP contribution in [0.3, 0.4) is 0 Å². The molecule has 82 valence electrons. The van der Waals surface area contributed by atoms with Gasteiger partial charge in [0.05, 0.1) is 0 Å². The van der Waals surface area contributed by atoms with Crippen LogP contribution in [0.2, 0.25) is 0 Å². The number of cyclic esters (lactones) is 1. The molecule has 1 aromatic rings. The van der Waals surface area contributed by atoms with Gasteiger partial charge in [0.2, 0.25) is 0 Å². The maximum absolute atomic E-state index is 11.4. The summed E-state index contributed by atoms with van der Waals surface area (Å²) in [4.78, 5) is 22.5. The molecule has 1 aromatic carbocycles. The molecule has 0 radical (unpaired) electrons. The SMILES string of the molecule is O=C(NC1=CCOC1=O)Nc1ccccc1. The number of amides is 2. The highest BCUT2D eigenvalue weighted by Gasteiger charge is 2.18. The van der Waals surface area contributed by atoms with E-state index in [9.17, 15) is 9.59 Å². The number of benzene rings is 1. The van der Waals surface area contributed by atoms with Crippen molar-refractivity contribution in [3.63, 3.8) is 0 Å². The summed E-state index contributed by atoms with van der Waals surface area (Å²) < 4.78 is 4.64. The van der Waals surface area contributed by atoms with Crippen molar-refractivity contribution in [3.05, 3.63) is 42.1 Å². The Bertz CT molecular complexity index is 440. The van der Waals surface area contributed by atoms with Gasteiger partial charge in [-0.05, 0) is 18.2 Å². The largest absolute Gasteiger partial charge is 0.457 e. The molecule has 2 rings (SSSR count). The number of carbonyl (C=O) groups excluding carboxylic acids is 2. The van der Waals surface area contributed by atoms with E-state index < -0.39 is 12.0 Å². The molecule has 5 nitrogen and oxygen atoms in total. The summed E-state index contributed by atoms with van der Waals surface area (Å²) >= 11 is 0. The number of hydrogen-bond acceptors (Lipinski definition) is 3. The predicted octanol–water partition coefficient (Wildman–Crippen LogP) is 1.25. The van der Waals surface area contributed by atoms with E-state index in [0.717, 1.165) is 0 Å². The van der Waals surface area contributed by atoms with Crippen molar-refractivity contribution >= 4 is 17.7 Å². The smallest absolute Gasteiger partial charge is 0.354 e. The lowest BCUT2D eigenvalue weighted by atomic mass is 10.3. The molecule has 0 saturated carbocycles. The van der Waals surface area contributed by atoms with Crippen molar-refractivity contribution in [1.29, 1.82) is 0 Å². The van der Waals surface area contributed by atoms with E-state index in [2.05, 4.69) is 15.4 Å². The predicted molar refractivity (Wildman–Crippen MR) is 57.6 cm³/mol. The fraction of sp³-hybridized carbons (Fsp3) is 0.0909. The first-order valence-corrected chi connectivity index (χ1v) is 4.76. The van der Waals surface area contributed by atoms with E-state index in [4.69, 9.17) is 0 Å². The van der Waals surface area contributed by atoms with Crippen LogP contribution in [-0.2, 0) is 9.53 Å². The molecule has 1 aliphatic rings. The van der Waals surface area contributed by atoms with Gasteiger partial charge in [-0.2, -0.15) is 0 Å². The van der Waals surface area contributed by atoms with Crippen molar-refractivity contribution in [3.8, 4) is 0 Å². The van der Waals surface area contributed by atoms with Crippen LogP contribution in [0.25, 0.3) is 0 Å². The minimum absolute atomic E-state index is 0.174. The molecule has 2 amide bonds. The molecule has 0 fully saturated rings. The van der Waals surface area contributed by atoms with Crippen molar-refractivity contribution in [1.82, 2.24) is 5.32 Å². The molecule has 1 heterocycles. The standard InChI is InChI=1S/C11H10N2O3/c14-10-9(6-7-16-10)13-11(15)12-8-4-2-1-3-5-8/h1-6H,7H2,(H2,12,13,15). The zero-order valence-electron chi connectivity index (χ0n) is 8.40. The molecular formula is C11H10N2O3. The van der Waals surface area contributed by atoms with Gasteiger partial charge in [0.1, 0.15) is 12.3 Å². The number of carbonyl (C=O) groups is 2. The molecule has 0 saturated heterocycles. The van der Waals surface area contributed by atoms with Gasteiger partial charge in [-0.25, -0.2) is 9.59 Å². The highest BCUT2D eigenvalue weighted by molar-refractivity contribution is 5.98. The lowest BCUT2D eigenvalue weighted by Crippen LogP contribution is -2.30. The van der Waals surface area contributed by atoms with Crippen LogP contribution < -0.4 is 10.6 Å². The number of esters is 1. The maximum atomic E-state index is 11.4. The molecule has 5 heteroatoms. The number of para-hydroxylation sites is 1. The van der Waals surface area contributed by atoms with Gasteiger partial charge in [-0.3, -0.25) is 0 Å². The second-order valence-electron chi connectivity index (χ2n) is 3.16. The number of ether oxygens (including phenoxy) is 1. The number of hydrogen-bond donors (Lipinski definition) is 2. The summed E-state index contributed by atoms with van der Waals surface area (Å²) in [7, 11) is 0. The third-order valence-electron chi connectivity index (χ3n) is 2.00. The van der Waals surface area contributed by atoms with Crippen LogP contribution in [-0.4, -0.2) is 18.6 Å². The Morgan fingerprint density at radius 1 is 1.19 bits per heavy atom. The lowest BCUT2D eigenvalue weighted by Gasteiger charge is -2.06. The molecule has 2 N–H and O–H groups in total. The second-order valence-corrected chi connectivity index (χ2v) is 3.16. The summed E-state index contributed by atoms with van der Waals surface area (Å²) in [6.07, 6.45) is 1.52. The minimum Gasteiger partial charge on any atom is -0.457 e. The Kier molecular flexibility index (Phi) is 2.86. The second kappa shape index (κ2) is 4.48. The quantitative estimate of drug-likeness (QED) is 0.734. The number of nitrogens with one attached hydrogen (secondary N) is 2. The fourth-order valence-corrected chi connectivity index (χ4v) is 1.27. The van der Waals surface area contributed by atoms with Crippen LogP contribution in [0, 0.1) is 0 Å². The zero-order chi connectivity index (χ0) is 11.4. The number of anilines is 1. The molecule has 16 heavy (non-hydrogen) atoms. The normalized spacial score (nSPS) is 14.0. The van der Waals surface area contributed by atoms with Crippen molar-refractivity contribution in [2.24, 2.45) is 0 Å². The van der Waals surface area contributed by atoms with Crippen molar-refractivity contribution in [2.75, 3.05) is 11.9 Å². The molecular weight excluding hydrogens is 208 g/mol. The van der Waals surface area contributed by atoms with Gasteiger partial charge in [0.15, 0.2) is 0 Å². The Morgan fingerprint density at radius 2 is 1.94 bits per heavy atom. The summed E-state index contributed by atoms with van der Waals surface area (Å²) in [5.74, 6) is -0.511. The van der Waals surface area contributed by atoms with E-state index in [1.165, 1.54) is 6.08 Å². The first-order valence-electron chi connectivity index (χ1n) is 4.76. The van der Waals surface area contributed by atoms with E-state index in [0.29, 0.717) is 5.69 Å². The molecule has 0 aliphatic carbocycles. The Hall–Kier alpha value is -2.30. The van der Waals surface area contributed by atoms with E-state index in [1.54, 1.807) is 24.3 Å². The highest BCUT2D eigenvalue weighted by Crippen LogP contribution is 2.06. The average Bonchev–Trinajstić information content (AvgIpc) is 2.66. The summed E-state index contributed by atoms with van der Waals surface area (Å²) in [5, 5.41) is 5.00. The van der Waals surface area contributed by atoms with Crippen molar-refractivity contribution < 1.29 is 14.3 Å². The van der Waals surface area contributed by atoms with Gasteiger partial charge >= 0.3 is 12.0 Å². The molecule has 0 atom stereocenters. The van der Waals surface area contributed by atoms with Gasteiger partial charge in [0, 0.05) is 5.69 Å². The monoisotopic (exact) mass is 218 g/mol. The molecule has 0 spiro atoms. The highest BCUT2D eigenvalue weighted by atomic mass is 16.5. The van der Waals surface area contributed by atoms with Gasteiger partial charge < -0.3 is 15.4 Å². The van der Waals surface area contributed by atoms with Gasteiger partial charge in [0.25, 0.3) is 0 Å². The molecule has 0 bridgehead atoms. The summed E-state index contributed by atoms with van der Waals surface area (Å²) in [6.45, 7) is 0.208. The average molecular weight is 218 g/mol. The Labute approximate surface area is 92.1 Å². The lowest BCUT2D eigenvalue weighted by molar-refractivity contribution is -0.136. The van der Waals surface area contributed by atoms with E-state index in [-0.39, 0.29) is 12.3 Å². The zero-order valence-corrected chi connectivity index (χ0v) is 8.40. The minimum atomic E-state index is -0.511. The first kappa shape index (κ1) is 10.2. The van der Waals surface area contributed by atoms with Gasteiger partial charge in [-0.15, -0.1) is 0 Å². The van der Waals surface area contributed by atoms with Gasteiger partial charge in [-0.1, -0.05) is 18.2 Å². The molecule has 1 aliphatic heterocycles. The fourth-order valence-electron chi connectivity index (χ4n) is 1.27. The van der Waals surface area contributed by atoms with Crippen LogP contribution in [0.15, 0.2) is 42.1 Å². The van der Waals surface area contributed by atoms with Crippen molar-refractivity contribution in [2.45, 2.75) is 0 Å². The summed E-state index contributed by atoms with van der Waals surface area (Å²) in [6, 6.07) is 8.50. The molecule has 0 unspecified atom stereocenters. The van der Waals surface area contributed by atoms with Crippen LogP contribution in [0.1, 0.15) is 0 Å². The maximum Gasteiger partial charge on any atom is 0.354 e.